The topological polar surface area (TPSA) is 77.1 Å². The van der Waals surface area contributed by atoms with Crippen LogP contribution in [0.25, 0.3) is 10.9 Å². The Labute approximate surface area is 152 Å². The van der Waals surface area contributed by atoms with E-state index in [4.69, 9.17) is 5.73 Å². The van der Waals surface area contributed by atoms with E-state index in [-0.39, 0.29) is 12.3 Å². The molecule has 2 amide bonds. The summed E-state index contributed by atoms with van der Waals surface area (Å²) in [6.07, 6.45) is 2.92. The fourth-order valence-corrected chi connectivity index (χ4v) is 3.26. The zero-order valence-corrected chi connectivity index (χ0v) is 15.0. The highest BCUT2D eigenvalue weighted by Crippen LogP contribution is 2.23. The molecule has 0 aliphatic rings. The summed E-state index contributed by atoms with van der Waals surface area (Å²) in [5.74, 6) is -0.787. The number of hydrogen-bond donors (Lipinski definition) is 2. The number of benzene rings is 2. The van der Waals surface area contributed by atoms with Crippen molar-refractivity contribution in [1.29, 1.82) is 0 Å². The normalized spacial score (nSPS) is 13.3. The van der Waals surface area contributed by atoms with Crippen LogP contribution in [0.1, 0.15) is 24.5 Å². The number of rotatable bonds is 6. The lowest BCUT2D eigenvalue weighted by atomic mass is 9.91. The molecule has 1 atom stereocenters. The van der Waals surface area contributed by atoms with Crippen molar-refractivity contribution in [2.24, 2.45) is 12.8 Å². The van der Waals surface area contributed by atoms with E-state index in [0.29, 0.717) is 12.0 Å². The van der Waals surface area contributed by atoms with Gasteiger partial charge in [0, 0.05) is 30.6 Å². The summed E-state index contributed by atoms with van der Waals surface area (Å²) in [4.78, 5) is 24.5. The van der Waals surface area contributed by atoms with Gasteiger partial charge in [-0.15, -0.1) is 0 Å². The number of amides is 2. The van der Waals surface area contributed by atoms with E-state index >= 15 is 0 Å². The maximum atomic E-state index is 12.5. The molecule has 0 spiro atoms. The van der Waals surface area contributed by atoms with Gasteiger partial charge in [0.2, 0.25) is 11.8 Å². The molecule has 0 bridgehead atoms. The first-order chi connectivity index (χ1) is 12.4. The molecule has 1 aromatic heterocycles. The van der Waals surface area contributed by atoms with Crippen LogP contribution in [-0.4, -0.2) is 16.4 Å². The van der Waals surface area contributed by atoms with Crippen LogP contribution < -0.4 is 11.1 Å². The van der Waals surface area contributed by atoms with Crippen molar-refractivity contribution in [2.45, 2.75) is 25.3 Å². The number of para-hydroxylation sites is 1. The summed E-state index contributed by atoms with van der Waals surface area (Å²) in [5.41, 5.74) is 7.27. The van der Waals surface area contributed by atoms with E-state index in [1.807, 2.05) is 43.6 Å². The number of carbonyl (C=O) groups is 2. The first-order valence-corrected chi connectivity index (χ1v) is 8.61. The van der Waals surface area contributed by atoms with E-state index in [2.05, 4.69) is 22.0 Å². The Balaban J connectivity index is 1.74. The monoisotopic (exact) mass is 349 g/mol. The summed E-state index contributed by atoms with van der Waals surface area (Å²) in [6, 6.07) is 17.2. The Kier molecular flexibility index (Phi) is 4.80. The maximum Gasteiger partial charge on any atom is 0.247 e. The molecule has 0 saturated heterocycles. The van der Waals surface area contributed by atoms with Gasteiger partial charge in [-0.05, 0) is 30.5 Å². The molecule has 5 heteroatoms. The molecule has 3 rings (SSSR count). The first-order valence-electron chi connectivity index (χ1n) is 8.61. The van der Waals surface area contributed by atoms with Crippen LogP contribution in [0, 0.1) is 0 Å². The van der Waals surface area contributed by atoms with Gasteiger partial charge in [-0.1, -0.05) is 48.5 Å². The largest absolute Gasteiger partial charge is 0.367 e. The quantitative estimate of drug-likeness (QED) is 0.718. The fraction of sp³-hybridized carbons (Fsp3) is 0.238. The molecule has 0 radical (unpaired) electrons. The van der Waals surface area contributed by atoms with Gasteiger partial charge in [0.05, 0.1) is 0 Å². The fourth-order valence-electron chi connectivity index (χ4n) is 3.26. The summed E-state index contributed by atoms with van der Waals surface area (Å²) < 4.78 is 2.06. The molecule has 5 nitrogen and oxygen atoms in total. The Hall–Kier alpha value is -3.08. The molecule has 0 unspecified atom stereocenters. The minimum atomic E-state index is -1.23. The second-order valence-electron chi connectivity index (χ2n) is 6.69. The van der Waals surface area contributed by atoms with Crippen LogP contribution in [0.15, 0.2) is 60.8 Å². The Morgan fingerprint density at radius 1 is 1.08 bits per heavy atom. The zero-order valence-electron chi connectivity index (χ0n) is 15.0. The van der Waals surface area contributed by atoms with Crippen LogP contribution in [0.5, 0.6) is 0 Å². The lowest BCUT2D eigenvalue weighted by Crippen LogP contribution is -2.52. The summed E-state index contributed by atoms with van der Waals surface area (Å²) >= 11 is 0. The molecule has 0 aliphatic carbocycles. The van der Waals surface area contributed by atoms with Gasteiger partial charge in [0.25, 0.3) is 0 Å². The number of primary amides is 1. The van der Waals surface area contributed by atoms with Crippen molar-refractivity contribution in [3.8, 4) is 0 Å². The van der Waals surface area contributed by atoms with Gasteiger partial charge >= 0.3 is 0 Å². The number of fused-ring (bicyclic) bond motifs is 1. The third-order valence-corrected chi connectivity index (χ3v) is 4.83. The number of aryl methyl sites for hydroxylation is 2. The van der Waals surface area contributed by atoms with Crippen molar-refractivity contribution in [3.05, 3.63) is 71.9 Å². The van der Waals surface area contributed by atoms with Gasteiger partial charge < -0.3 is 15.6 Å². The third-order valence-electron chi connectivity index (χ3n) is 4.83. The van der Waals surface area contributed by atoms with Gasteiger partial charge in [-0.3, -0.25) is 9.59 Å². The van der Waals surface area contributed by atoms with E-state index in [9.17, 15) is 9.59 Å². The molecule has 3 N–H and O–H groups in total. The lowest BCUT2D eigenvalue weighted by molar-refractivity contribution is -0.131. The van der Waals surface area contributed by atoms with Crippen LogP contribution >= 0.6 is 0 Å². The highest BCUT2D eigenvalue weighted by Gasteiger charge is 2.34. The van der Waals surface area contributed by atoms with E-state index in [1.54, 1.807) is 19.1 Å². The second-order valence-corrected chi connectivity index (χ2v) is 6.69. The molecule has 26 heavy (non-hydrogen) atoms. The average molecular weight is 349 g/mol. The van der Waals surface area contributed by atoms with Crippen molar-refractivity contribution in [2.75, 3.05) is 0 Å². The highest BCUT2D eigenvalue weighted by atomic mass is 16.2. The molecule has 134 valence electrons. The highest BCUT2D eigenvalue weighted by molar-refractivity contribution is 5.91. The predicted molar refractivity (Wildman–Crippen MR) is 102 cm³/mol. The molecular weight excluding hydrogens is 326 g/mol. The van der Waals surface area contributed by atoms with Gasteiger partial charge in [-0.2, -0.15) is 0 Å². The molecule has 0 aliphatic heterocycles. The van der Waals surface area contributed by atoms with E-state index in [0.717, 1.165) is 16.5 Å². The average Bonchev–Trinajstić information content (AvgIpc) is 2.97. The maximum absolute atomic E-state index is 12.5. The predicted octanol–water partition coefficient (Wildman–Crippen LogP) is 2.63. The zero-order chi connectivity index (χ0) is 18.7. The Morgan fingerprint density at radius 3 is 2.42 bits per heavy atom. The minimum absolute atomic E-state index is 0.205. The third kappa shape index (κ3) is 3.33. The Morgan fingerprint density at radius 2 is 1.73 bits per heavy atom. The van der Waals surface area contributed by atoms with Crippen LogP contribution in [-0.2, 0) is 28.6 Å². The van der Waals surface area contributed by atoms with Gasteiger partial charge in [0.1, 0.15) is 5.54 Å². The molecule has 1 heterocycles. The van der Waals surface area contributed by atoms with Crippen molar-refractivity contribution in [1.82, 2.24) is 9.88 Å². The molecule has 0 saturated carbocycles. The molecule has 0 fully saturated rings. The number of carbonyl (C=O) groups excluding carboxylic acids is 2. The number of nitrogens with zero attached hydrogens (tertiary/aromatic N) is 1. The number of nitrogens with two attached hydrogens (primary N) is 1. The SMILES string of the molecule is Cn1cc(CCC(=O)N[C@](C)(C(N)=O)c2ccccc2)c2ccccc21. The van der Waals surface area contributed by atoms with Crippen molar-refractivity contribution >= 4 is 22.7 Å². The van der Waals surface area contributed by atoms with E-state index < -0.39 is 11.4 Å². The summed E-state index contributed by atoms with van der Waals surface area (Å²) in [7, 11) is 1.99. The summed E-state index contributed by atoms with van der Waals surface area (Å²) in [5, 5.41) is 3.96. The van der Waals surface area contributed by atoms with Gasteiger partial charge in [-0.25, -0.2) is 0 Å². The minimum Gasteiger partial charge on any atom is -0.367 e. The Bertz CT molecular complexity index is 946. The first kappa shape index (κ1) is 17.7. The van der Waals surface area contributed by atoms with Crippen molar-refractivity contribution in [3.63, 3.8) is 0 Å². The van der Waals surface area contributed by atoms with Crippen molar-refractivity contribution < 1.29 is 9.59 Å². The smallest absolute Gasteiger partial charge is 0.247 e. The van der Waals surface area contributed by atoms with Crippen LogP contribution in [0.3, 0.4) is 0 Å². The van der Waals surface area contributed by atoms with Crippen LogP contribution in [0.4, 0.5) is 0 Å². The number of nitrogens with one attached hydrogen (secondary N) is 1. The lowest BCUT2D eigenvalue weighted by Gasteiger charge is -2.28. The number of hydrogen-bond acceptors (Lipinski definition) is 2. The standard InChI is InChI=1S/C21H23N3O2/c1-21(20(22)26,16-8-4-3-5-9-16)23-19(25)13-12-15-14-24(2)18-11-7-6-10-17(15)18/h3-11,14H,12-13H2,1-2H3,(H2,22,26)(H,23,25)/t21-/m0/s1. The molecule has 2 aromatic carbocycles. The molecule has 3 aromatic rings. The molecular formula is C21H23N3O2. The number of aromatic nitrogens is 1. The van der Waals surface area contributed by atoms with Crippen LogP contribution in [0.2, 0.25) is 0 Å². The second kappa shape index (κ2) is 7.04. The summed E-state index contributed by atoms with van der Waals surface area (Å²) in [6.45, 7) is 1.64. The van der Waals surface area contributed by atoms with E-state index in [1.165, 1.54) is 0 Å². The van der Waals surface area contributed by atoms with Gasteiger partial charge in [0.15, 0.2) is 0 Å².